The van der Waals surface area contributed by atoms with Gasteiger partial charge in [-0.2, -0.15) is 13.2 Å². The molecule has 0 aliphatic carbocycles. The van der Waals surface area contributed by atoms with E-state index in [1.807, 2.05) is 0 Å². The van der Waals surface area contributed by atoms with E-state index in [-0.39, 0.29) is 5.56 Å². The molecule has 0 bridgehead atoms. The highest BCUT2D eigenvalue weighted by atomic mass is 19.4. The van der Waals surface area contributed by atoms with Crippen LogP contribution in [0.5, 0.6) is 0 Å². The Morgan fingerprint density at radius 2 is 1.94 bits per heavy atom. The Kier molecular flexibility index (Phi) is 4.12. The van der Waals surface area contributed by atoms with Crippen molar-refractivity contribution >= 4 is 0 Å². The van der Waals surface area contributed by atoms with Gasteiger partial charge in [-0.25, -0.2) is 0 Å². The third-order valence-electron chi connectivity index (χ3n) is 2.35. The fourth-order valence-corrected chi connectivity index (χ4v) is 1.53. The molecule has 1 aromatic rings. The van der Waals surface area contributed by atoms with Crippen molar-refractivity contribution in [3.05, 3.63) is 48.0 Å². The van der Waals surface area contributed by atoms with Crippen LogP contribution in [0.2, 0.25) is 0 Å². The van der Waals surface area contributed by atoms with Gasteiger partial charge >= 0.3 is 6.18 Å². The molecule has 1 nitrogen and oxygen atoms in total. The lowest BCUT2D eigenvalue weighted by Crippen LogP contribution is -2.17. The summed E-state index contributed by atoms with van der Waals surface area (Å²) in [4.78, 5) is 0. The van der Waals surface area contributed by atoms with Crippen molar-refractivity contribution in [1.29, 1.82) is 0 Å². The number of hydrogen-bond donors (Lipinski definition) is 1. The second-order valence-corrected chi connectivity index (χ2v) is 3.56. The minimum atomic E-state index is -4.34. The van der Waals surface area contributed by atoms with E-state index in [0.717, 1.165) is 6.07 Å². The fraction of sp³-hybridized carbons (Fsp3) is 0.333. The first-order valence-corrected chi connectivity index (χ1v) is 4.99. The van der Waals surface area contributed by atoms with Crippen molar-refractivity contribution in [2.24, 2.45) is 5.73 Å². The molecule has 0 aliphatic rings. The first-order valence-electron chi connectivity index (χ1n) is 4.99. The number of hydrogen-bond acceptors (Lipinski definition) is 1. The maximum absolute atomic E-state index is 12.7. The molecule has 1 rings (SSSR count). The van der Waals surface area contributed by atoms with Gasteiger partial charge in [0.1, 0.15) is 0 Å². The minimum Gasteiger partial charge on any atom is -0.324 e. The topological polar surface area (TPSA) is 26.0 Å². The zero-order valence-electron chi connectivity index (χ0n) is 8.80. The molecule has 0 aromatic heterocycles. The Balaban J connectivity index is 2.99. The quantitative estimate of drug-likeness (QED) is 0.783. The molecule has 0 aliphatic heterocycles. The minimum absolute atomic E-state index is 0.150. The molecule has 0 fully saturated rings. The molecule has 2 N–H and O–H groups in total. The van der Waals surface area contributed by atoms with E-state index in [4.69, 9.17) is 5.73 Å². The molecule has 1 unspecified atom stereocenters. The molecule has 1 atom stereocenters. The van der Waals surface area contributed by atoms with Crippen LogP contribution >= 0.6 is 0 Å². The second-order valence-electron chi connectivity index (χ2n) is 3.56. The summed E-state index contributed by atoms with van der Waals surface area (Å²) in [5, 5.41) is 0. The maximum atomic E-state index is 12.7. The van der Waals surface area contributed by atoms with Crippen LogP contribution in [0.15, 0.2) is 36.9 Å². The van der Waals surface area contributed by atoms with Crippen LogP contribution in [0.25, 0.3) is 0 Å². The van der Waals surface area contributed by atoms with Crippen molar-refractivity contribution in [2.45, 2.75) is 25.1 Å². The SMILES string of the molecule is C=CCCC(N)c1ccccc1C(F)(F)F. The predicted octanol–water partition coefficient (Wildman–Crippen LogP) is 3.67. The maximum Gasteiger partial charge on any atom is 0.416 e. The Bertz CT molecular complexity index is 358. The van der Waals surface area contributed by atoms with Gasteiger partial charge in [0, 0.05) is 6.04 Å². The van der Waals surface area contributed by atoms with E-state index >= 15 is 0 Å². The van der Waals surface area contributed by atoms with E-state index in [1.165, 1.54) is 12.1 Å². The van der Waals surface area contributed by atoms with Gasteiger partial charge in [-0.1, -0.05) is 24.3 Å². The molecule has 16 heavy (non-hydrogen) atoms. The van der Waals surface area contributed by atoms with Crippen LogP contribution in [-0.4, -0.2) is 0 Å². The molecular weight excluding hydrogens is 215 g/mol. The molecule has 0 amide bonds. The molecule has 0 spiro atoms. The van der Waals surface area contributed by atoms with E-state index in [1.54, 1.807) is 12.1 Å². The molecular formula is C12H14F3N. The van der Waals surface area contributed by atoms with Crippen LogP contribution in [0, 0.1) is 0 Å². The Labute approximate surface area is 92.8 Å². The summed E-state index contributed by atoms with van der Waals surface area (Å²) in [6.07, 6.45) is -1.62. The third-order valence-corrected chi connectivity index (χ3v) is 2.35. The zero-order chi connectivity index (χ0) is 12.2. The number of benzene rings is 1. The number of nitrogens with two attached hydrogens (primary N) is 1. The Morgan fingerprint density at radius 1 is 1.31 bits per heavy atom. The van der Waals surface area contributed by atoms with Gasteiger partial charge in [0.05, 0.1) is 5.56 Å². The largest absolute Gasteiger partial charge is 0.416 e. The first-order chi connectivity index (χ1) is 7.46. The lowest BCUT2D eigenvalue weighted by molar-refractivity contribution is -0.138. The lowest BCUT2D eigenvalue weighted by atomic mass is 9.97. The summed E-state index contributed by atoms with van der Waals surface area (Å²) >= 11 is 0. The van der Waals surface area contributed by atoms with Crippen molar-refractivity contribution in [3.63, 3.8) is 0 Å². The van der Waals surface area contributed by atoms with Crippen LogP contribution < -0.4 is 5.73 Å². The Hall–Kier alpha value is -1.29. The summed E-state index contributed by atoms with van der Waals surface area (Å²) in [6.45, 7) is 3.52. The van der Waals surface area contributed by atoms with Crippen LogP contribution in [0.4, 0.5) is 13.2 Å². The molecule has 88 valence electrons. The number of rotatable bonds is 4. The average molecular weight is 229 g/mol. The number of allylic oxidation sites excluding steroid dienone is 1. The van der Waals surface area contributed by atoms with Crippen molar-refractivity contribution in [1.82, 2.24) is 0 Å². The zero-order valence-corrected chi connectivity index (χ0v) is 8.80. The number of halogens is 3. The summed E-state index contributed by atoms with van der Waals surface area (Å²) in [5.41, 5.74) is 5.23. The van der Waals surface area contributed by atoms with Crippen LogP contribution in [0.3, 0.4) is 0 Å². The molecule has 0 saturated heterocycles. The molecule has 1 aromatic carbocycles. The highest BCUT2D eigenvalue weighted by Gasteiger charge is 2.33. The van der Waals surface area contributed by atoms with Gasteiger partial charge in [-0.15, -0.1) is 6.58 Å². The van der Waals surface area contributed by atoms with Crippen LogP contribution in [-0.2, 0) is 6.18 Å². The summed E-state index contributed by atoms with van der Waals surface area (Å²) in [7, 11) is 0. The monoisotopic (exact) mass is 229 g/mol. The van der Waals surface area contributed by atoms with Crippen LogP contribution in [0.1, 0.15) is 30.0 Å². The number of alkyl halides is 3. The third kappa shape index (κ3) is 3.10. The molecule has 0 saturated carbocycles. The fourth-order valence-electron chi connectivity index (χ4n) is 1.53. The highest BCUT2D eigenvalue weighted by Crippen LogP contribution is 2.34. The van der Waals surface area contributed by atoms with E-state index in [9.17, 15) is 13.2 Å². The van der Waals surface area contributed by atoms with Crippen molar-refractivity contribution < 1.29 is 13.2 Å². The summed E-state index contributed by atoms with van der Waals surface area (Å²) in [5.74, 6) is 0. The Morgan fingerprint density at radius 3 is 2.50 bits per heavy atom. The van der Waals surface area contributed by atoms with Crippen molar-refractivity contribution in [2.75, 3.05) is 0 Å². The van der Waals surface area contributed by atoms with Gasteiger partial charge in [0.2, 0.25) is 0 Å². The lowest BCUT2D eigenvalue weighted by Gasteiger charge is -2.17. The molecule has 0 radical (unpaired) electrons. The van der Waals surface area contributed by atoms with Gasteiger partial charge < -0.3 is 5.73 Å². The van der Waals surface area contributed by atoms with Gasteiger partial charge in [-0.3, -0.25) is 0 Å². The summed E-state index contributed by atoms with van der Waals surface area (Å²) < 4.78 is 38.0. The second kappa shape index (κ2) is 5.16. The normalized spacial score (nSPS) is 13.5. The summed E-state index contributed by atoms with van der Waals surface area (Å²) in [6, 6.07) is 4.82. The molecule has 4 heteroatoms. The van der Waals surface area contributed by atoms with Crippen molar-refractivity contribution in [3.8, 4) is 0 Å². The first kappa shape index (κ1) is 12.8. The standard InChI is InChI=1S/C12H14F3N/c1-2-3-8-11(16)9-6-4-5-7-10(9)12(13,14)15/h2,4-7,11H,1,3,8,16H2. The predicted molar refractivity (Wildman–Crippen MR) is 57.8 cm³/mol. The van der Waals surface area contributed by atoms with Gasteiger partial charge in [0.15, 0.2) is 0 Å². The van der Waals surface area contributed by atoms with E-state index in [2.05, 4.69) is 6.58 Å². The smallest absolute Gasteiger partial charge is 0.324 e. The highest BCUT2D eigenvalue weighted by molar-refractivity contribution is 5.32. The van der Waals surface area contributed by atoms with Gasteiger partial charge in [0.25, 0.3) is 0 Å². The van der Waals surface area contributed by atoms with Gasteiger partial charge in [-0.05, 0) is 24.5 Å². The molecule has 0 heterocycles. The van der Waals surface area contributed by atoms with E-state index in [0.29, 0.717) is 12.8 Å². The average Bonchev–Trinajstić information content (AvgIpc) is 2.24. The van der Waals surface area contributed by atoms with E-state index < -0.39 is 17.8 Å².